The molecular formula is C19H20IN3O3S. The summed E-state index contributed by atoms with van der Waals surface area (Å²) < 4.78 is 0.804. The zero-order valence-electron chi connectivity index (χ0n) is 14.6. The summed E-state index contributed by atoms with van der Waals surface area (Å²) in [7, 11) is 0. The zero-order valence-corrected chi connectivity index (χ0v) is 17.6. The molecule has 0 saturated heterocycles. The smallest absolute Gasteiger partial charge is 0.279 e. The number of benzene rings is 1. The molecule has 0 fully saturated rings. The van der Waals surface area contributed by atoms with Gasteiger partial charge in [-0.2, -0.15) is 0 Å². The van der Waals surface area contributed by atoms with Crippen LogP contribution in [0.4, 0.5) is 0 Å². The summed E-state index contributed by atoms with van der Waals surface area (Å²) in [5, 5.41) is 2.55. The van der Waals surface area contributed by atoms with Crippen LogP contribution < -0.4 is 16.2 Å². The first kappa shape index (κ1) is 19.8. The Balaban J connectivity index is 1.47. The Hall–Kier alpha value is -1.94. The summed E-state index contributed by atoms with van der Waals surface area (Å²) >= 11 is 3.56. The Kier molecular flexibility index (Phi) is 6.84. The lowest BCUT2D eigenvalue weighted by Gasteiger charge is -2.08. The number of thiophene rings is 1. The van der Waals surface area contributed by atoms with Crippen molar-refractivity contribution in [1.29, 1.82) is 0 Å². The van der Waals surface area contributed by atoms with Crippen molar-refractivity contribution >= 4 is 51.6 Å². The van der Waals surface area contributed by atoms with Crippen LogP contribution in [0.25, 0.3) is 0 Å². The number of carbonyl (C=O) groups excluding carboxylic acids is 3. The van der Waals surface area contributed by atoms with Crippen molar-refractivity contribution < 1.29 is 14.4 Å². The molecule has 8 heteroatoms. The van der Waals surface area contributed by atoms with Gasteiger partial charge >= 0.3 is 0 Å². The number of hydrazine groups is 1. The van der Waals surface area contributed by atoms with Gasteiger partial charge in [0.15, 0.2) is 0 Å². The molecule has 1 heterocycles. The van der Waals surface area contributed by atoms with Gasteiger partial charge in [0.1, 0.15) is 0 Å². The van der Waals surface area contributed by atoms with Crippen LogP contribution in [0.2, 0.25) is 0 Å². The number of carbonyl (C=O) groups is 3. The first-order valence-electron chi connectivity index (χ1n) is 8.78. The lowest BCUT2D eigenvalue weighted by molar-refractivity contribution is -0.120. The standard InChI is InChI=1S/C19H20IN3O3S/c20-14-8-5-4-7-13(14)18(25)21-11-17(24)22-23-19(26)16-10-12-6-2-1-3-9-15(12)27-16/h4-5,7-8,10H,1-3,6,9,11H2,(H,21,25)(H,22,24)(H,23,26). The van der Waals surface area contributed by atoms with Crippen molar-refractivity contribution in [2.45, 2.75) is 32.1 Å². The van der Waals surface area contributed by atoms with Gasteiger partial charge in [0.2, 0.25) is 0 Å². The summed E-state index contributed by atoms with van der Waals surface area (Å²) in [5.41, 5.74) is 6.52. The van der Waals surface area contributed by atoms with Gasteiger partial charge in [0, 0.05) is 8.45 Å². The van der Waals surface area contributed by atoms with Crippen molar-refractivity contribution in [3.8, 4) is 0 Å². The summed E-state index contributed by atoms with van der Waals surface area (Å²) in [6.07, 6.45) is 5.57. The second-order valence-electron chi connectivity index (χ2n) is 6.28. The van der Waals surface area contributed by atoms with E-state index < -0.39 is 5.91 Å². The van der Waals surface area contributed by atoms with E-state index in [0.717, 1.165) is 29.3 Å². The molecule has 3 N–H and O–H groups in total. The Morgan fingerprint density at radius 3 is 2.59 bits per heavy atom. The number of aryl methyl sites for hydroxylation is 2. The van der Waals surface area contributed by atoms with E-state index in [1.807, 2.05) is 18.2 Å². The van der Waals surface area contributed by atoms with E-state index in [4.69, 9.17) is 0 Å². The van der Waals surface area contributed by atoms with Crippen LogP contribution >= 0.6 is 33.9 Å². The van der Waals surface area contributed by atoms with Crippen LogP contribution in [0.15, 0.2) is 30.3 Å². The second-order valence-corrected chi connectivity index (χ2v) is 8.58. The largest absolute Gasteiger partial charge is 0.343 e. The summed E-state index contributed by atoms with van der Waals surface area (Å²) in [4.78, 5) is 38.1. The number of hydrogen-bond donors (Lipinski definition) is 3. The average Bonchev–Trinajstić information content (AvgIpc) is 2.95. The molecule has 1 aliphatic carbocycles. The van der Waals surface area contributed by atoms with Crippen molar-refractivity contribution in [2.24, 2.45) is 0 Å². The molecule has 1 aliphatic rings. The first-order chi connectivity index (χ1) is 13.0. The maximum Gasteiger partial charge on any atom is 0.279 e. The van der Waals surface area contributed by atoms with E-state index in [-0.39, 0.29) is 18.4 Å². The van der Waals surface area contributed by atoms with Gasteiger partial charge in [-0.1, -0.05) is 18.6 Å². The number of fused-ring (bicyclic) bond motifs is 1. The highest BCUT2D eigenvalue weighted by molar-refractivity contribution is 14.1. The molecule has 27 heavy (non-hydrogen) atoms. The van der Waals surface area contributed by atoms with Gasteiger partial charge in [-0.15, -0.1) is 11.3 Å². The molecule has 6 nitrogen and oxygen atoms in total. The minimum absolute atomic E-state index is 0.217. The Morgan fingerprint density at radius 1 is 1.00 bits per heavy atom. The lowest BCUT2D eigenvalue weighted by Crippen LogP contribution is -2.46. The van der Waals surface area contributed by atoms with E-state index in [1.165, 1.54) is 28.2 Å². The van der Waals surface area contributed by atoms with Crippen molar-refractivity contribution in [2.75, 3.05) is 6.54 Å². The van der Waals surface area contributed by atoms with Gasteiger partial charge in [0.25, 0.3) is 17.7 Å². The predicted molar refractivity (Wildman–Crippen MR) is 113 cm³/mol. The minimum atomic E-state index is -0.485. The Bertz CT molecular complexity index is 842. The van der Waals surface area contributed by atoms with Gasteiger partial charge < -0.3 is 5.32 Å². The molecule has 0 radical (unpaired) electrons. The van der Waals surface area contributed by atoms with Gasteiger partial charge in [-0.05, 0) is 72.0 Å². The normalized spacial score (nSPS) is 13.2. The number of halogens is 1. The van der Waals surface area contributed by atoms with Crippen LogP contribution in [0.1, 0.15) is 49.7 Å². The highest BCUT2D eigenvalue weighted by Gasteiger charge is 2.17. The molecule has 0 saturated carbocycles. The van der Waals surface area contributed by atoms with Gasteiger partial charge in [-0.3, -0.25) is 25.2 Å². The van der Waals surface area contributed by atoms with E-state index in [0.29, 0.717) is 10.4 Å². The third kappa shape index (κ3) is 5.29. The molecule has 2 aromatic rings. The third-order valence-corrected chi connectivity index (χ3v) is 6.49. The number of rotatable bonds is 4. The molecule has 0 aliphatic heterocycles. The maximum absolute atomic E-state index is 12.3. The Morgan fingerprint density at radius 2 is 1.78 bits per heavy atom. The summed E-state index contributed by atoms with van der Waals surface area (Å²) in [6, 6.07) is 9.03. The number of hydrogen-bond acceptors (Lipinski definition) is 4. The Labute approximate surface area is 175 Å². The highest BCUT2D eigenvalue weighted by Crippen LogP contribution is 2.28. The SMILES string of the molecule is O=C(CNC(=O)c1ccccc1I)NNC(=O)c1cc2c(s1)CCCCC2. The molecule has 0 atom stereocenters. The fourth-order valence-corrected chi connectivity index (χ4v) is 4.69. The van der Waals surface area contributed by atoms with E-state index >= 15 is 0 Å². The number of nitrogens with one attached hydrogen (secondary N) is 3. The van der Waals surface area contributed by atoms with Gasteiger partial charge in [0.05, 0.1) is 17.0 Å². The lowest BCUT2D eigenvalue weighted by atomic mass is 10.1. The van der Waals surface area contributed by atoms with E-state index in [1.54, 1.807) is 12.1 Å². The van der Waals surface area contributed by atoms with Gasteiger partial charge in [-0.25, -0.2) is 0 Å². The van der Waals surface area contributed by atoms with Crippen molar-refractivity contribution in [3.63, 3.8) is 0 Å². The van der Waals surface area contributed by atoms with Crippen LogP contribution in [0, 0.1) is 3.57 Å². The molecule has 1 aromatic carbocycles. The minimum Gasteiger partial charge on any atom is -0.343 e. The van der Waals surface area contributed by atoms with E-state index in [2.05, 4.69) is 38.8 Å². The maximum atomic E-state index is 12.3. The zero-order chi connectivity index (χ0) is 19.2. The second kappa shape index (κ2) is 9.32. The summed E-state index contributed by atoms with van der Waals surface area (Å²) in [5.74, 6) is -1.14. The summed E-state index contributed by atoms with van der Waals surface area (Å²) in [6.45, 7) is -0.217. The molecule has 0 bridgehead atoms. The van der Waals surface area contributed by atoms with Crippen LogP contribution in [-0.2, 0) is 17.6 Å². The van der Waals surface area contributed by atoms with Crippen LogP contribution in [0.3, 0.4) is 0 Å². The molecule has 142 valence electrons. The molecular weight excluding hydrogens is 477 g/mol. The fraction of sp³-hybridized carbons (Fsp3) is 0.316. The van der Waals surface area contributed by atoms with Crippen molar-refractivity contribution in [3.05, 3.63) is 54.8 Å². The average molecular weight is 497 g/mol. The molecule has 1 aromatic heterocycles. The molecule has 0 spiro atoms. The monoisotopic (exact) mass is 497 g/mol. The van der Waals surface area contributed by atoms with Crippen LogP contribution in [0.5, 0.6) is 0 Å². The third-order valence-electron chi connectivity index (χ3n) is 4.31. The topological polar surface area (TPSA) is 87.3 Å². The van der Waals surface area contributed by atoms with Crippen LogP contribution in [-0.4, -0.2) is 24.3 Å². The number of amides is 3. The predicted octanol–water partition coefficient (Wildman–Crippen LogP) is 2.81. The van der Waals surface area contributed by atoms with Crippen molar-refractivity contribution in [1.82, 2.24) is 16.2 Å². The molecule has 3 rings (SSSR count). The fourth-order valence-electron chi connectivity index (χ4n) is 2.91. The van der Waals surface area contributed by atoms with E-state index in [9.17, 15) is 14.4 Å². The molecule has 3 amide bonds. The highest BCUT2D eigenvalue weighted by atomic mass is 127. The first-order valence-corrected chi connectivity index (χ1v) is 10.7. The quantitative estimate of drug-likeness (QED) is 0.345. The molecule has 0 unspecified atom stereocenters.